The van der Waals surface area contributed by atoms with Crippen LogP contribution in [0.3, 0.4) is 0 Å². The van der Waals surface area contributed by atoms with Crippen LogP contribution in [0.5, 0.6) is 11.5 Å². The van der Waals surface area contributed by atoms with E-state index in [2.05, 4.69) is 5.32 Å². The number of rotatable bonds is 9. The Morgan fingerprint density at radius 2 is 1.94 bits per heavy atom. The van der Waals surface area contributed by atoms with Crippen LogP contribution < -0.4 is 44.7 Å². The number of alkyl halides is 3. The molecule has 8 nitrogen and oxygen atoms in total. The summed E-state index contributed by atoms with van der Waals surface area (Å²) in [4.78, 5) is 21.1. The molecule has 2 aromatic rings. The van der Waals surface area contributed by atoms with Crippen LogP contribution in [0.2, 0.25) is 5.02 Å². The number of nitrogens with zero attached hydrogens (tertiary/aromatic N) is 1. The van der Waals surface area contributed by atoms with Crippen LogP contribution in [0.25, 0.3) is 0 Å². The molecule has 2 rings (SSSR count). The molecule has 0 spiro atoms. The molecule has 0 aliphatic heterocycles. The Morgan fingerprint density at radius 1 is 1.26 bits per heavy atom. The Kier molecular flexibility index (Phi) is 10.0. The zero-order chi connectivity index (χ0) is 22.5. The molecule has 2 aromatic carbocycles. The molecule has 13 heteroatoms. The van der Waals surface area contributed by atoms with Gasteiger partial charge in [-0.3, -0.25) is 10.1 Å². The first-order chi connectivity index (χ1) is 14.0. The molecule has 0 saturated carbocycles. The molecule has 0 amide bonds. The Balaban J connectivity index is 0.00000480. The van der Waals surface area contributed by atoms with Crippen LogP contribution in [0.4, 0.5) is 24.5 Å². The van der Waals surface area contributed by atoms with Gasteiger partial charge in [0.15, 0.2) is 0 Å². The van der Waals surface area contributed by atoms with Gasteiger partial charge >= 0.3 is 35.7 Å². The van der Waals surface area contributed by atoms with Gasteiger partial charge in [-0.1, -0.05) is 11.6 Å². The van der Waals surface area contributed by atoms with Crippen LogP contribution in [0.15, 0.2) is 36.4 Å². The Morgan fingerprint density at radius 3 is 2.48 bits per heavy atom. The van der Waals surface area contributed by atoms with E-state index >= 15 is 0 Å². The first-order valence-electron chi connectivity index (χ1n) is 8.38. The monoisotopic (exact) mass is 470 g/mol. The van der Waals surface area contributed by atoms with Crippen molar-refractivity contribution in [3.05, 3.63) is 57.1 Å². The summed E-state index contributed by atoms with van der Waals surface area (Å²) in [6, 6.07) is 6.19. The fourth-order valence-corrected chi connectivity index (χ4v) is 2.47. The van der Waals surface area contributed by atoms with Gasteiger partial charge in [-0.05, 0) is 31.2 Å². The number of halogens is 4. The summed E-state index contributed by atoms with van der Waals surface area (Å²) in [7, 11) is 0. The third kappa shape index (κ3) is 7.86. The zero-order valence-corrected chi connectivity index (χ0v) is 19.1. The van der Waals surface area contributed by atoms with Crippen molar-refractivity contribution in [3.8, 4) is 11.5 Å². The van der Waals surface area contributed by atoms with Gasteiger partial charge in [-0.15, -0.1) is 0 Å². The molecule has 0 aliphatic carbocycles. The molecule has 1 atom stereocenters. The Labute approximate surface area is 201 Å². The largest absolute Gasteiger partial charge is 1.00 e. The van der Waals surface area contributed by atoms with E-state index in [9.17, 15) is 33.2 Å². The summed E-state index contributed by atoms with van der Waals surface area (Å²) in [6.45, 7) is 1.23. The molecular formula is C18H15ClF3N2NaO6. The van der Waals surface area contributed by atoms with Gasteiger partial charge in [0.2, 0.25) is 0 Å². The van der Waals surface area contributed by atoms with Crippen LogP contribution in [0.1, 0.15) is 12.5 Å². The number of carboxylic acids is 1. The van der Waals surface area contributed by atoms with Gasteiger partial charge in [0.25, 0.3) is 5.69 Å². The number of carbonyl (C=O) groups excluding carboxylic acids is 1. The van der Waals surface area contributed by atoms with Crippen LogP contribution in [-0.4, -0.2) is 30.1 Å². The van der Waals surface area contributed by atoms with Crippen LogP contribution in [-0.2, 0) is 15.7 Å². The zero-order valence-electron chi connectivity index (χ0n) is 16.4. The first-order valence-corrected chi connectivity index (χ1v) is 8.76. The van der Waals surface area contributed by atoms with Crippen molar-refractivity contribution in [3.63, 3.8) is 0 Å². The number of nitro benzene ring substituents is 1. The van der Waals surface area contributed by atoms with E-state index in [-0.39, 0.29) is 70.6 Å². The van der Waals surface area contributed by atoms with E-state index in [0.717, 1.165) is 18.2 Å². The van der Waals surface area contributed by atoms with E-state index in [1.165, 1.54) is 19.1 Å². The van der Waals surface area contributed by atoms with Crippen molar-refractivity contribution in [2.75, 3.05) is 18.5 Å². The molecule has 162 valence electrons. The Bertz CT molecular complexity index is 945. The molecule has 1 N–H and O–H groups in total. The van der Waals surface area contributed by atoms with Crippen molar-refractivity contribution in [1.82, 2.24) is 0 Å². The summed E-state index contributed by atoms with van der Waals surface area (Å²) in [5.74, 6) is -1.39. The average Bonchev–Trinajstić information content (AvgIpc) is 2.65. The number of nitro groups is 1. The molecule has 0 aromatic heterocycles. The van der Waals surface area contributed by atoms with E-state index in [0.29, 0.717) is 6.07 Å². The second-order valence-corrected chi connectivity index (χ2v) is 6.35. The summed E-state index contributed by atoms with van der Waals surface area (Å²) in [5, 5.41) is 24.2. The molecule has 0 saturated heterocycles. The molecule has 0 aliphatic rings. The van der Waals surface area contributed by atoms with Crippen molar-refractivity contribution < 1.29 is 67.0 Å². The third-order valence-electron chi connectivity index (χ3n) is 3.77. The molecular weight excluding hydrogens is 456 g/mol. The quantitative estimate of drug-likeness (QED) is 0.247. The maximum Gasteiger partial charge on any atom is 1.00 e. The van der Waals surface area contributed by atoms with Gasteiger partial charge in [0.1, 0.15) is 17.2 Å². The maximum atomic E-state index is 12.7. The summed E-state index contributed by atoms with van der Waals surface area (Å²) in [5.41, 5.74) is -1.21. The predicted octanol–water partition coefficient (Wildman–Crippen LogP) is 0.630. The number of carboxylic acid groups (broad SMARTS) is 1. The number of hydrogen-bond donors (Lipinski definition) is 1. The van der Waals surface area contributed by atoms with Crippen molar-refractivity contribution >= 4 is 28.9 Å². The molecule has 0 heterocycles. The fraction of sp³-hybridized carbons (Fsp3) is 0.278. The minimum Gasteiger partial charge on any atom is -0.547 e. The van der Waals surface area contributed by atoms with E-state index in [1.54, 1.807) is 0 Å². The minimum atomic E-state index is -4.57. The van der Waals surface area contributed by atoms with Gasteiger partial charge in [-0.2, -0.15) is 13.2 Å². The van der Waals surface area contributed by atoms with Gasteiger partial charge in [0.05, 0.1) is 34.2 Å². The third-order valence-corrected chi connectivity index (χ3v) is 4.06. The van der Waals surface area contributed by atoms with Crippen molar-refractivity contribution in [1.29, 1.82) is 0 Å². The Hall–Kier alpha value is -2.05. The molecule has 0 bridgehead atoms. The van der Waals surface area contributed by atoms with Crippen molar-refractivity contribution in [2.24, 2.45) is 0 Å². The van der Waals surface area contributed by atoms with Crippen LogP contribution >= 0.6 is 11.6 Å². The topological polar surface area (TPSA) is 114 Å². The average molecular weight is 471 g/mol. The molecule has 31 heavy (non-hydrogen) atoms. The molecule has 0 radical (unpaired) electrons. The van der Waals surface area contributed by atoms with Crippen molar-refractivity contribution in [2.45, 2.75) is 19.2 Å². The number of hydrogen-bond acceptors (Lipinski definition) is 7. The minimum absolute atomic E-state index is 0. The number of benzene rings is 2. The van der Waals surface area contributed by atoms with Gasteiger partial charge in [0, 0.05) is 18.7 Å². The second kappa shape index (κ2) is 11.5. The number of aliphatic carboxylic acids is 1. The normalized spacial score (nSPS) is 11.9. The van der Waals surface area contributed by atoms with E-state index < -0.39 is 28.7 Å². The number of carbonyl (C=O) groups is 1. The number of nitrogens with one attached hydrogen (secondary N) is 1. The SMILES string of the molecule is CC(OCCNc1cc(Oc2ccc(C(F)(F)F)cc2Cl)ccc1[N+](=O)[O-])C(=O)[O-].[Na+]. The second-order valence-electron chi connectivity index (χ2n) is 5.94. The summed E-state index contributed by atoms with van der Waals surface area (Å²) < 4.78 is 48.6. The smallest absolute Gasteiger partial charge is 0.547 e. The molecule has 0 fully saturated rings. The summed E-state index contributed by atoms with van der Waals surface area (Å²) in [6.07, 6.45) is -5.72. The standard InChI is InChI=1S/C18H16ClF3N2O6.Na/c1-10(17(25)26)29-7-6-23-14-9-12(3-4-15(14)24(27)28)30-16-5-2-11(8-13(16)19)18(20,21)22;/h2-5,8-10,23H,6-7H2,1H3,(H,25,26);/q;+1/p-1. The first kappa shape index (κ1) is 27.0. The maximum absolute atomic E-state index is 12.7. The summed E-state index contributed by atoms with van der Waals surface area (Å²) >= 11 is 5.85. The fourth-order valence-electron chi connectivity index (χ4n) is 2.26. The molecule has 1 unspecified atom stereocenters. The van der Waals surface area contributed by atoms with Gasteiger partial charge < -0.3 is 24.7 Å². The number of ether oxygens (including phenoxy) is 2. The van der Waals surface area contributed by atoms with Crippen LogP contribution in [0, 0.1) is 10.1 Å². The number of anilines is 1. The van der Waals surface area contributed by atoms with Gasteiger partial charge in [-0.25, -0.2) is 0 Å². The van der Waals surface area contributed by atoms with E-state index in [1.807, 2.05) is 0 Å². The van der Waals surface area contributed by atoms with E-state index in [4.69, 9.17) is 21.1 Å². The predicted molar refractivity (Wildman–Crippen MR) is 98.5 cm³/mol.